The molecule has 106 valence electrons. The van der Waals surface area contributed by atoms with E-state index in [0.29, 0.717) is 12.5 Å². The summed E-state index contributed by atoms with van der Waals surface area (Å²) in [6.07, 6.45) is 2.66. The fourth-order valence-electron chi connectivity index (χ4n) is 2.69. The monoisotopic (exact) mass is 280 g/mol. The molecule has 0 bridgehead atoms. The molecular weight excluding hydrogens is 256 g/mol. The quantitative estimate of drug-likeness (QED) is 0.838. The summed E-state index contributed by atoms with van der Waals surface area (Å²) in [5.41, 5.74) is 1.08. The van der Waals surface area contributed by atoms with E-state index in [-0.39, 0.29) is 11.2 Å². The lowest BCUT2D eigenvalue weighted by molar-refractivity contribution is 0.0916. The molecule has 0 N–H and O–H groups in total. The maximum absolute atomic E-state index is 12.2. The fraction of sp³-hybridized carbons (Fsp3) is 0.733. The second-order valence-corrected chi connectivity index (χ2v) is 7.23. The molecular formula is C15H24N2OS. The largest absolute Gasteiger partial charge is 0.346 e. The van der Waals surface area contributed by atoms with Crippen LogP contribution in [0.2, 0.25) is 0 Å². The second-order valence-electron chi connectivity index (χ2n) is 6.26. The third-order valence-electron chi connectivity index (χ3n) is 3.93. The van der Waals surface area contributed by atoms with E-state index in [1.165, 1.54) is 0 Å². The SMILES string of the molecule is CCC(C)N(CC)c1nc2c(s1)C(=O)CC(C)(C)C2. The standard InChI is InChI=1S/C15H24N2OS/c1-6-10(3)17(7-2)14-16-11-8-15(4,5)9-12(18)13(11)19-14/h10H,6-9H2,1-5H3. The number of anilines is 1. The van der Waals surface area contributed by atoms with Gasteiger partial charge in [-0.05, 0) is 32.1 Å². The molecule has 0 aliphatic heterocycles. The lowest BCUT2D eigenvalue weighted by atomic mass is 9.78. The van der Waals surface area contributed by atoms with Crippen LogP contribution in [0.1, 0.15) is 62.8 Å². The number of Topliss-reactive ketones (excluding diaryl/α,β-unsaturated/α-hetero) is 1. The van der Waals surface area contributed by atoms with Crippen LogP contribution in [0.3, 0.4) is 0 Å². The van der Waals surface area contributed by atoms with E-state index in [4.69, 9.17) is 4.98 Å². The van der Waals surface area contributed by atoms with Crippen LogP contribution in [0.5, 0.6) is 0 Å². The molecule has 0 radical (unpaired) electrons. The van der Waals surface area contributed by atoms with Gasteiger partial charge in [0.1, 0.15) is 0 Å². The Labute approximate surface area is 120 Å². The molecule has 1 aliphatic carbocycles. The molecule has 1 aromatic heterocycles. The predicted octanol–water partition coefficient (Wildman–Crippen LogP) is 3.92. The Morgan fingerprint density at radius 3 is 2.63 bits per heavy atom. The van der Waals surface area contributed by atoms with Crippen molar-refractivity contribution in [2.75, 3.05) is 11.4 Å². The Morgan fingerprint density at radius 2 is 2.05 bits per heavy atom. The molecule has 3 nitrogen and oxygen atoms in total. The number of carbonyl (C=O) groups excluding carboxylic acids is 1. The summed E-state index contributed by atoms with van der Waals surface area (Å²) in [4.78, 5) is 20.2. The summed E-state index contributed by atoms with van der Waals surface area (Å²) < 4.78 is 0. The molecule has 1 unspecified atom stereocenters. The van der Waals surface area contributed by atoms with Gasteiger partial charge in [0, 0.05) is 19.0 Å². The van der Waals surface area contributed by atoms with Crippen LogP contribution in [-0.2, 0) is 6.42 Å². The summed E-state index contributed by atoms with van der Waals surface area (Å²) in [6.45, 7) is 11.8. The Balaban J connectivity index is 2.34. The fourth-order valence-corrected chi connectivity index (χ4v) is 3.87. The number of nitrogens with zero attached hydrogens (tertiary/aromatic N) is 2. The molecule has 1 aromatic rings. The Bertz CT molecular complexity index is 478. The van der Waals surface area contributed by atoms with Gasteiger partial charge in [-0.25, -0.2) is 4.98 Å². The zero-order valence-electron chi connectivity index (χ0n) is 12.6. The van der Waals surface area contributed by atoms with Crippen LogP contribution in [0.25, 0.3) is 0 Å². The molecule has 1 aliphatic rings. The van der Waals surface area contributed by atoms with E-state index in [1.807, 2.05) is 0 Å². The molecule has 0 saturated carbocycles. The molecule has 1 atom stereocenters. The van der Waals surface area contributed by atoms with Crippen molar-refractivity contribution >= 4 is 22.3 Å². The summed E-state index contributed by atoms with van der Waals surface area (Å²) >= 11 is 1.59. The lowest BCUT2D eigenvalue weighted by Crippen LogP contribution is -2.32. The molecule has 2 rings (SSSR count). The molecule has 0 fully saturated rings. The highest BCUT2D eigenvalue weighted by atomic mass is 32.1. The maximum Gasteiger partial charge on any atom is 0.186 e. The number of thiazole rings is 1. The van der Waals surface area contributed by atoms with E-state index >= 15 is 0 Å². The minimum absolute atomic E-state index is 0.0584. The molecule has 19 heavy (non-hydrogen) atoms. The summed E-state index contributed by atoms with van der Waals surface area (Å²) in [5.74, 6) is 0.273. The van der Waals surface area contributed by atoms with Gasteiger partial charge >= 0.3 is 0 Å². The van der Waals surface area contributed by atoms with Crippen LogP contribution < -0.4 is 4.90 Å². The van der Waals surface area contributed by atoms with Crippen molar-refractivity contribution in [2.45, 2.75) is 59.9 Å². The van der Waals surface area contributed by atoms with Gasteiger partial charge in [0.05, 0.1) is 10.6 Å². The van der Waals surface area contributed by atoms with Gasteiger partial charge in [-0.3, -0.25) is 4.79 Å². The highest BCUT2D eigenvalue weighted by Crippen LogP contribution is 2.39. The molecule has 0 saturated heterocycles. The number of rotatable bonds is 4. The first-order valence-electron chi connectivity index (χ1n) is 7.17. The van der Waals surface area contributed by atoms with E-state index in [9.17, 15) is 4.79 Å². The Hall–Kier alpha value is -0.900. The van der Waals surface area contributed by atoms with Crippen molar-refractivity contribution in [1.29, 1.82) is 0 Å². The van der Waals surface area contributed by atoms with Gasteiger partial charge in [-0.2, -0.15) is 0 Å². The molecule has 0 spiro atoms. The first-order chi connectivity index (χ1) is 8.88. The minimum atomic E-state index is 0.0584. The number of hydrogen-bond acceptors (Lipinski definition) is 4. The summed E-state index contributed by atoms with van der Waals surface area (Å²) in [6, 6.07) is 0.473. The van der Waals surface area contributed by atoms with Gasteiger partial charge in [0.15, 0.2) is 10.9 Å². The van der Waals surface area contributed by atoms with Gasteiger partial charge in [0.2, 0.25) is 0 Å². The van der Waals surface area contributed by atoms with Crippen LogP contribution in [0.15, 0.2) is 0 Å². The highest BCUT2D eigenvalue weighted by Gasteiger charge is 2.34. The second kappa shape index (κ2) is 5.23. The average Bonchev–Trinajstić information content (AvgIpc) is 2.71. The van der Waals surface area contributed by atoms with Gasteiger partial charge < -0.3 is 4.90 Å². The van der Waals surface area contributed by atoms with Crippen LogP contribution in [-0.4, -0.2) is 23.4 Å². The zero-order valence-corrected chi connectivity index (χ0v) is 13.4. The molecule has 4 heteroatoms. The van der Waals surface area contributed by atoms with Crippen molar-refractivity contribution in [3.8, 4) is 0 Å². The van der Waals surface area contributed by atoms with Crippen LogP contribution in [0, 0.1) is 5.41 Å². The molecule has 1 heterocycles. The van der Waals surface area contributed by atoms with Gasteiger partial charge in [0.25, 0.3) is 0 Å². The first-order valence-corrected chi connectivity index (χ1v) is 7.99. The molecule has 0 amide bonds. The average molecular weight is 280 g/mol. The van der Waals surface area contributed by atoms with Crippen molar-refractivity contribution < 1.29 is 4.79 Å². The third kappa shape index (κ3) is 2.83. The highest BCUT2D eigenvalue weighted by molar-refractivity contribution is 7.17. The van der Waals surface area contributed by atoms with Crippen molar-refractivity contribution in [3.05, 3.63) is 10.6 Å². The van der Waals surface area contributed by atoms with Crippen LogP contribution in [0.4, 0.5) is 5.13 Å². The van der Waals surface area contributed by atoms with Crippen molar-refractivity contribution in [3.63, 3.8) is 0 Å². The van der Waals surface area contributed by atoms with Gasteiger partial charge in [-0.15, -0.1) is 0 Å². The van der Waals surface area contributed by atoms with Gasteiger partial charge in [-0.1, -0.05) is 32.1 Å². The predicted molar refractivity (Wildman–Crippen MR) is 81.3 cm³/mol. The number of hydrogen-bond donors (Lipinski definition) is 0. The topological polar surface area (TPSA) is 33.2 Å². The Morgan fingerprint density at radius 1 is 1.37 bits per heavy atom. The maximum atomic E-state index is 12.2. The van der Waals surface area contributed by atoms with Crippen molar-refractivity contribution in [1.82, 2.24) is 4.98 Å². The number of ketones is 1. The molecule has 0 aromatic carbocycles. The smallest absolute Gasteiger partial charge is 0.186 e. The van der Waals surface area contributed by atoms with E-state index in [2.05, 4.69) is 39.5 Å². The number of aromatic nitrogens is 1. The minimum Gasteiger partial charge on any atom is -0.346 e. The normalized spacial score (nSPS) is 19.1. The van der Waals surface area contributed by atoms with E-state index in [1.54, 1.807) is 11.3 Å². The summed E-state index contributed by atoms with van der Waals surface area (Å²) in [7, 11) is 0. The zero-order chi connectivity index (χ0) is 14.2. The van der Waals surface area contributed by atoms with Crippen molar-refractivity contribution in [2.24, 2.45) is 5.41 Å². The Kier molecular flexibility index (Phi) is 4.00. The lowest BCUT2D eigenvalue weighted by Gasteiger charge is -2.27. The number of carbonyl (C=O) groups is 1. The first kappa shape index (κ1) is 14.5. The summed E-state index contributed by atoms with van der Waals surface area (Å²) in [5, 5.41) is 1.02. The van der Waals surface area contributed by atoms with Crippen LogP contribution >= 0.6 is 11.3 Å². The number of fused-ring (bicyclic) bond motifs is 1. The third-order valence-corrected chi connectivity index (χ3v) is 5.11. The van der Waals surface area contributed by atoms with E-state index in [0.717, 1.165) is 35.1 Å². The van der Waals surface area contributed by atoms with E-state index < -0.39 is 0 Å².